The van der Waals surface area contributed by atoms with Crippen molar-refractivity contribution < 1.29 is 0 Å². The van der Waals surface area contributed by atoms with Gasteiger partial charge in [0.1, 0.15) is 0 Å². The predicted octanol–water partition coefficient (Wildman–Crippen LogP) is 7.79. The molecule has 0 aromatic heterocycles. The molecule has 0 aliphatic heterocycles. The molecule has 30 heavy (non-hydrogen) atoms. The highest BCUT2D eigenvalue weighted by Crippen LogP contribution is 2.67. The number of benzene rings is 1. The van der Waals surface area contributed by atoms with Crippen LogP contribution in [0.3, 0.4) is 0 Å². The third kappa shape index (κ3) is 3.34. The number of hydrogen-bond donors (Lipinski definition) is 0. The zero-order valence-electron chi connectivity index (χ0n) is 19.5. The molecule has 4 fully saturated rings. The van der Waals surface area contributed by atoms with Gasteiger partial charge in [0.2, 0.25) is 0 Å². The number of rotatable bonds is 3. The van der Waals surface area contributed by atoms with Crippen LogP contribution in [0.4, 0.5) is 0 Å². The van der Waals surface area contributed by atoms with Gasteiger partial charge in [0, 0.05) is 0 Å². The largest absolute Gasteiger partial charge is 0.192 e. The zero-order chi connectivity index (χ0) is 20.9. The van der Waals surface area contributed by atoms with E-state index in [2.05, 4.69) is 39.0 Å². The predicted molar refractivity (Wildman–Crippen MR) is 124 cm³/mol. The maximum Gasteiger partial charge on any atom is 0.0991 e. The number of hydrogen-bond acceptors (Lipinski definition) is 1. The Balaban J connectivity index is 1.27. The summed E-state index contributed by atoms with van der Waals surface area (Å²) >= 11 is 0. The fourth-order valence-corrected chi connectivity index (χ4v) is 9.28. The minimum Gasteiger partial charge on any atom is -0.192 e. The van der Waals surface area contributed by atoms with E-state index in [1.165, 1.54) is 76.2 Å². The molecule has 4 aliphatic rings. The van der Waals surface area contributed by atoms with Crippen LogP contribution in [0.2, 0.25) is 0 Å². The summed E-state index contributed by atoms with van der Waals surface area (Å²) in [6, 6.07) is 10.6. The van der Waals surface area contributed by atoms with Gasteiger partial charge < -0.3 is 0 Å². The molecule has 1 aromatic rings. The lowest BCUT2D eigenvalue weighted by Gasteiger charge is -2.60. The number of fused-ring (bicyclic) bond motifs is 5. The van der Waals surface area contributed by atoms with Gasteiger partial charge in [-0.2, -0.15) is 5.26 Å². The molecule has 0 saturated heterocycles. The van der Waals surface area contributed by atoms with Crippen molar-refractivity contribution in [2.24, 2.45) is 46.3 Å². The van der Waals surface area contributed by atoms with E-state index in [0.29, 0.717) is 10.8 Å². The number of nitrogens with zero attached hydrogens (tertiary/aromatic N) is 1. The molecule has 4 aliphatic carbocycles. The van der Waals surface area contributed by atoms with Crippen molar-refractivity contribution in [3.63, 3.8) is 0 Å². The number of aryl methyl sites for hydroxylation is 1. The molecule has 1 nitrogen and oxygen atoms in total. The van der Waals surface area contributed by atoms with E-state index < -0.39 is 0 Å². The van der Waals surface area contributed by atoms with Crippen LogP contribution < -0.4 is 0 Å². The van der Waals surface area contributed by atoms with Crippen molar-refractivity contribution in [3.05, 3.63) is 35.4 Å². The summed E-state index contributed by atoms with van der Waals surface area (Å²) in [5.41, 5.74) is 3.44. The molecular weight excluding hydrogens is 362 g/mol. The Hall–Kier alpha value is -1.29. The first kappa shape index (κ1) is 20.6. The van der Waals surface area contributed by atoms with Gasteiger partial charge in [0.05, 0.1) is 11.6 Å². The van der Waals surface area contributed by atoms with E-state index in [9.17, 15) is 0 Å². The molecule has 0 heterocycles. The summed E-state index contributed by atoms with van der Waals surface area (Å²) in [7, 11) is 0. The molecule has 162 valence electrons. The van der Waals surface area contributed by atoms with Crippen LogP contribution in [0.5, 0.6) is 0 Å². The smallest absolute Gasteiger partial charge is 0.0991 e. The Morgan fingerprint density at radius 1 is 0.900 bits per heavy atom. The van der Waals surface area contributed by atoms with E-state index in [1.807, 2.05) is 12.1 Å². The van der Waals surface area contributed by atoms with Gasteiger partial charge in [-0.3, -0.25) is 0 Å². The summed E-state index contributed by atoms with van der Waals surface area (Å²) in [5.74, 6) is 5.93. The van der Waals surface area contributed by atoms with E-state index in [4.69, 9.17) is 5.26 Å². The molecule has 1 aromatic carbocycles. The Morgan fingerprint density at radius 3 is 2.37 bits per heavy atom. The third-order valence-corrected chi connectivity index (χ3v) is 10.8. The summed E-state index contributed by atoms with van der Waals surface area (Å²) in [5, 5.41) is 9.04. The lowest BCUT2D eigenvalue weighted by atomic mass is 9.45. The summed E-state index contributed by atoms with van der Waals surface area (Å²) < 4.78 is 0. The molecule has 4 saturated carbocycles. The van der Waals surface area contributed by atoms with Crippen molar-refractivity contribution in [1.29, 1.82) is 5.26 Å². The van der Waals surface area contributed by atoms with E-state index in [-0.39, 0.29) is 0 Å². The van der Waals surface area contributed by atoms with Crippen molar-refractivity contribution >= 4 is 0 Å². The van der Waals surface area contributed by atoms with E-state index in [0.717, 1.165) is 41.1 Å². The average Bonchev–Trinajstić information content (AvgIpc) is 3.08. The van der Waals surface area contributed by atoms with Gasteiger partial charge in [0.15, 0.2) is 0 Å². The summed E-state index contributed by atoms with van der Waals surface area (Å²) in [6.07, 6.45) is 16.0. The van der Waals surface area contributed by atoms with Crippen molar-refractivity contribution in [2.75, 3.05) is 0 Å². The molecule has 0 bridgehead atoms. The second-order valence-corrected chi connectivity index (χ2v) is 12.3. The van der Waals surface area contributed by atoms with Gasteiger partial charge in [-0.1, -0.05) is 39.3 Å². The van der Waals surface area contributed by atoms with E-state index in [1.54, 1.807) is 0 Å². The Labute approximate surface area is 184 Å². The van der Waals surface area contributed by atoms with E-state index >= 15 is 0 Å². The third-order valence-electron chi connectivity index (χ3n) is 10.8. The van der Waals surface area contributed by atoms with Gasteiger partial charge in [0.25, 0.3) is 0 Å². The minimum absolute atomic E-state index is 0.587. The van der Waals surface area contributed by atoms with Gasteiger partial charge in [-0.25, -0.2) is 0 Å². The lowest BCUT2D eigenvalue weighted by molar-refractivity contribution is -0.103. The summed E-state index contributed by atoms with van der Waals surface area (Å²) in [6.45, 7) is 7.84. The van der Waals surface area contributed by atoms with Gasteiger partial charge in [-0.05, 0) is 128 Å². The molecule has 1 heteroatoms. The summed E-state index contributed by atoms with van der Waals surface area (Å²) in [4.78, 5) is 0. The van der Waals surface area contributed by atoms with Crippen LogP contribution in [-0.2, 0) is 6.42 Å². The maximum absolute atomic E-state index is 9.04. The molecule has 5 rings (SSSR count). The second-order valence-electron chi connectivity index (χ2n) is 12.3. The van der Waals surface area contributed by atoms with Crippen LogP contribution in [0.15, 0.2) is 24.3 Å². The Kier molecular flexibility index (Phi) is 5.28. The van der Waals surface area contributed by atoms with Gasteiger partial charge in [-0.15, -0.1) is 0 Å². The monoisotopic (exact) mass is 403 g/mol. The van der Waals surface area contributed by atoms with Crippen LogP contribution >= 0.6 is 0 Å². The topological polar surface area (TPSA) is 23.8 Å². The average molecular weight is 404 g/mol. The first-order valence-electron chi connectivity index (χ1n) is 12.9. The maximum atomic E-state index is 9.04. The molecule has 0 N–H and O–H groups in total. The van der Waals surface area contributed by atoms with Crippen LogP contribution in [-0.4, -0.2) is 0 Å². The Morgan fingerprint density at radius 2 is 1.60 bits per heavy atom. The fraction of sp³-hybridized carbons (Fsp3) is 0.759. The molecule has 0 radical (unpaired) electrons. The Bertz CT molecular complexity index is 803. The molecule has 0 amide bonds. The van der Waals surface area contributed by atoms with Crippen LogP contribution in [0.1, 0.15) is 96.1 Å². The normalized spacial score (nSPS) is 45.1. The first-order chi connectivity index (χ1) is 14.4. The fourth-order valence-electron chi connectivity index (χ4n) is 9.28. The van der Waals surface area contributed by atoms with Crippen LogP contribution in [0, 0.1) is 57.7 Å². The van der Waals surface area contributed by atoms with Crippen molar-refractivity contribution in [2.45, 2.75) is 91.4 Å². The molecule has 0 spiro atoms. The highest BCUT2D eigenvalue weighted by atomic mass is 14.6. The van der Waals surface area contributed by atoms with Gasteiger partial charge >= 0.3 is 0 Å². The second kappa shape index (κ2) is 7.69. The van der Waals surface area contributed by atoms with Crippen molar-refractivity contribution in [3.8, 4) is 6.07 Å². The first-order valence-corrected chi connectivity index (χ1v) is 12.9. The molecule has 8 atom stereocenters. The molecule has 8 unspecified atom stereocenters. The zero-order valence-corrected chi connectivity index (χ0v) is 19.5. The van der Waals surface area contributed by atoms with Crippen molar-refractivity contribution in [1.82, 2.24) is 0 Å². The number of nitriles is 1. The SMILES string of the molecule is CC1CCC2C3CCC4(C)C(CCc5ccc(C#N)cc5)CCC4C3CCC2(C)C1. The highest BCUT2D eigenvalue weighted by Gasteiger charge is 2.58. The molecular formula is C29H41N. The highest BCUT2D eigenvalue weighted by molar-refractivity contribution is 5.31. The lowest BCUT2D eigenvalue weighted by Crippen LogP contribution is -2.51. The quantitative estimate of drug-likeness (QED) is 0.505. The standard InChI is InChI=1S/C29H41N/c1-20-4-12-26-24-15-17-29(3)23(10-9-21-5-7-22(19-30)8-6-21)11-13-27(29)25(24)14-16-28(26,2)18-20/h5-8,20,23-27H,4,9-18H2,1-3H3. The van der Waals surface area contributed by atoms with Crippen LogP contribution in [0.25, 0.3) is 0 Å². The minimum atomic E-state index is 0.587.